The van der Waals surface area contributed by atoms with Crippen molar-refractivity contribution in [2.24, 2.45) is 0 Å². The number of aromatic nitrogens is 3. The van der Waals surface area contributed by atoms with Crippen molar-refractivity contribution in [2.75, 3.05) is 0 Å². The number of hydrogen-bond donors (Lipinski definition) is 3. The van der Waals surface area contributed by atoms with Crippen molar-refractivity contribution in [3.05, 3.63) is 73.6 Å². The monoisotopic (exact) mass is 324 g/mol. The molecule has 0 bridgehead atoms. The van der Waals surface area contributed by atoms with Crippen molar-refractivity contribution in [2.45, 2.75) is 20.4 Å². The number of nitrogens with zero attached hydrogens (tertiary/aromatic N) is 1. The van der Waals surface area contributed by atoms with Gasteiger partial charge in [0.1, 0.15) is 0 Å². The van der Waals surface area contributed by atoms with Gasteiger partial charge >= 0.3 is 0 Å². The van der Waals surface area contributed by atoms with Crippen molar-refractivity contribution in [3.63, 3.8) is 0 Å². The Balaban J connectivity index is 1.91. The molecule has 3 N–H and O–H groups in total. The molecule has 7 heteroatoms. The number of carbonyl (C=O) groups is 1. The third kappa shape index (κ3) is 2.83. The predicted molar refractivity (Wildman–Crippen MR) is 90.1 cm³/mol. The summed E-state index contributed by atoms with van der Waals surface area (Å²) in [7, 11) is 0. The summed E-state index contributed by atoms with van der Waals surface area (Å²) >= 11 is 0. The summed E-state index contributed by atoms with van der Waals surface area (Å²) in [5, 5.41) is 9.70. The zero-order valence-corrected chi connectivity index (χ0v) is 13.3. The van der Waals surface area contributed by atoms with Crippen LogP contribution in [0.5, 0.6) is 0 Å². The van der Waals surface area contributed by atoms with Crippen LogP contribution in [0.2, 0.25) is 0 Å². The minimum Gasteiger partial charge on any atom is -0.346 e. The summed E-state index contributed by atoms with van der Waals surface area (Å²) in [6.45, 7) is 3.69. The maximum Gasteiger partial charge on any atom is 0.272 e. The maximum absolute atomic E-state index is 12.4. The van der Waals surface area contributed by atoms with Crippen LogP contribution in [0.15, 0.2) is 39.9 Å². The fourth-order valence-electron chi connectivity index (χ4n) is 2.64. The molecular weight excluding hydrogens is 308 g/mol. The number of amides is 1. The zero-order chi connectivity index (χ0) is 17.3. The molecule has 7 nitrogen and oxygen atoms in total. The van der Waals surface area contributed by atoms with Gasteiger partial charge in [-0.25, -0.2) is 5.10 Å². The van der Waals surface area contributed by atoms with E-state index in [-0.39, 0.29) is 23.4 Å². The van der Waals surface area contributed by atoms with E-state index in [0.29, 0.717) is 16.3 Å². The van der Waals surface area contributed by atoms with E-state index in [4.69, 9.17) is 0 Å². The maximum atomic E-state index is 12.4. The van der Waals surface area contributed by atoms with E-state index in [1.54, 1.807) is 31.2 Å². The molecule has 0 spiro atoms. The van der Waals surface area contributed by atoms with Gasteiger partial charge < -0.3 is 10.3 Å². The molecule has 122 valence electrons. The van der Waals surface area contributed by atoms with E-state index in [1.807, 2.05) is 13.0 Å². The Morgan fingerprint density at radius 2 is 1.83 bits per heavy atom. The second kappa shape index (κ2) is 6.11. The average molecular weight is 324 g/mol. The molecule has 0 atom stereocenters. The molecule has 2 aromatic heterocycles. The Labute approximate surface area is 136 Å². The van der Waals surface area contributed by atoms with Crippen molar-refractivity contribution in [1.82, 2.24) is 20.5 Å². The average Bonchev–Trinajstić information content (AvgIpc) is 2.54. The number of nitrogens with one attached hydrogen (secondary N) is 3. The van der Waals surface area contributed by atoms with Crippen LogP contribution in [0, 0.1) is 13.8 Å². The lowest BCUT2D eigenvalue weighted by Crippen LogP contribution is -2.29. The SMILES string of the molecule is Cc1cc(C)c(CNC(=O)c2n[nH]c(=O)c3ccccc23)c(=O)[nH]1. The summed E-state index contributed by atoms with van der Waals surface area (Å²) < 4.78 is 0. The van der Waals surface area contributed by atoms with Crippen LogP contribution in [0.4, 0.5) is 0 Å². The number of carbonyl (C=O) groups excluding carboxylic acids is 1. The first kappa shape index (κ1) is 15.7. The minimum absolute atomic E-state index is 0.0788. The molecule has 0 saturated carbocycles. The molecule has 3 rings (SSSR count). The van der Waals surface area contributed by atoms with E-state index >= 15 is 0 Å². The van der Waals surface area contributed by atoms with Crippen LogP contribution >= 0.6 is 0 Å². The molecule has 0 saturated heterocycles. The Morgan fingerprint density at radius 1 is 1.12 bits per heavy atom. The van der Waals surface area contributed by atoms with Gasteiger partial charge in [0.25, 0.3) is 17.0 Å². The Bertz CT molecular complexity index is 1050. The molecular formula is C17H16N4O3. The highest BCUT2D eigenvalue weighted by Gasteiger charge is 2.15. The predicted octanol–water partition coefficient (Wildman–Crippen LogP) is 1.16. The van der Waals surface area contributed by atoms with Crippen molar-refractivity contribution in [1.29, 1.82) is 0 Å². The topological polar surface area (TPSA) is 108 Å². The molecule has 3 aromatic rings. The Morgan fingerprint density at radius 3 is 2.54 bits per heavy atom. The number of aromatic amines is 2. The highest BCUT2D eigenvalue weighted by atomic mass is 16.2. The van der Waals surface area contributed by atoms with Crippen molar-refractivity contribution < 1.29 is 4.79 Å². The van der Waals surface area contributed by atoms with Gasteiger partial charge in [0, 0.05) is 23.2 Å². The lowest BCUT2D eigenvalue weighted by Gasteiger charge is -2.09. The minimum atomic E-state index is -0.457. The fourth-order valence-corrected chi connectivity index (χ4v) is 2.64. The highest BCUT2D eigenvalue weighted by Crippen LogP contribution is 2.12. The second-order valence-electron chi connectivity index (χ2n) is 5.57. The summed E-state index contributed by atoms with van der Waals surface area (Å²) in [6, 6.07) is 8.58. The quantitative estimate of drug-likeness (QED) is 0.672. The zero-order valence-electron chi connectivity index (χ0n) is 13.3. The molecule has 0 radical (unpaired) electrons. The van der Waals surface area contributed by atoms with Crippen LogP contribution < -0.4 is 16.4 Å². The van der Waals surface area contributed by atoms with Gasteiger partial charge in [0.15, 0.2) is 5.69 Å². The first-order chi connectivity index (χ1) is 11.5. The van der Waals surface area contributed by atoms with E-state index in [2.05, 4.69) is 20.5 Å². The lowest BCUT2D eigenvalue weighted by atomic mass is 10.1. The van der Waals surface area contributed by atoms with Crippen LogP contribution in [0.1, 0.15) is 27.3 Å². The summed E-state index contributed by atoms with van der Waals surface area (Å²) in [4.78, 5) is 38.9. The summed E-state index contributed by atoms with van der Waals surface area (Å²) in [5.41, 5.74) is 1.59. The lowest BCUT2D eigenvalue weighted by molar-refractivity contribution is 0.0946. The number of pyridine rings is 1. The summed E-state index contributed by atoms with van der Waals surface area (Å²) in [6.07, 6.45) is 0. The Kier molecular flexibility index (Phi) is 3.99. The number of hydrogen-bond acceptors (Lipinski definition) is 4. The second-order valence-corrected chi connectivity index (χ2v) is 5.57. The van der Waals surface area contributed by atoms with Gasteiger partial charge in [0.2, 0.25) is 0 Å². The van der Waals surface area contributed by atoms with Gasteiger partial charge in [-0.3, -0.25) is 14.4 Å². The molecule has 2 heterocycles. The highest BCUT2D eigenvalue weighted by molar-refractivity contribution is 6.04. The Hall–Kier alpha value is -3.22. The van der Waals surface area contributed by atoms with Gasteiger partial charge in [-0.15, -0.1) is 0 Å². The van der Waals surface area contributed by atoms with E-state index in [0.717, 1.165) is 11.3 Å². The molecule has 0 fully saturated rings. The van der Waals surface area contributed by atoms with Crippen molar-refractivity contribution >= 4 is 16.7 Å². The van der Waals surface area contributed by atoms with Gasteiger partial charge in [0.05, 0.1) is 5.39 Å². The number of H-pyrrole nitrogens is 2. The van der Waals surface area contributed by atoms with E-state index in [1.165, 1.54) is 0 Å². The number of aryl methyl sites for hydroxylation is 2. The van der Waals surface area contributed by atoms with Gasteiger partial charge in [-0.2, -0.15) is 5.10 Å². The van der Waals surface area contributed by atoms with Crippen LogP contribution in [-0.2, 0) is 6.54 Å². The van der Waals surface area contributed by atoms with E-state index < -0.39 is 5.91 Å². The first-order valence-corrected chi connectivity index (χ1v) is 7.42. The number of fused-ring (bicyclic) bond motifs is 1. The van der Waals surface area contributed by atoms with Crippen LogP contribution in [-0.4, -0.2) is 21.1 Å². The number of rotatable bonds is 3. The van der Waals surface area contributed by atoms with Gasteiger partial charge in [-0.05, 0) is 31.5 Å². The smallest absolute Gasteiger partial charge is 0.272 e. The molecule has 1 amide bonds. The normalized spacial score (nSPS) is 10.8. The standard InChI is InChI=1S/C17H16N4O3/c1-9-7-10(2)19-15(22)13(9)8-18-17(24)14-11-5-3-4-6-12(11)16(23)21-20-14/h3-7H,8H2,1-2H3,(H,18,24)(H,19,22)(H,21,23). The van der Waals surface area contributed by atoms with Gasteiger partial charge in [-0.1, -0.05) is 18.2 Å². The largest absolute Gasteiger partial charge is 0.346 e. The molecule has 1 aromatic carbocycles. The molecule has 0 aliphatic heterocycles. The molecule has 0 aliphatic rings. The van der Waals surface area contributed by atoms with Crippen LogP contribution in [0.25, 0.3) is 10.8 Å². The fraction of sp³-hybridized carbons (Fsp3) is 0.176. The third-order valence-corrected chi connectivity index (χ3v) is 3.83. The number of benzene rings is 1. The molecule has 0 unspecified atom stereocenters. The van der Waals surface area contributed by atoms with E-state index in [9.17, 15) is 14.4 Å². The summed E-state index contributed by atoms with van der Waals surface area (Å²) in [5.74, 6) is -0.457. The third-order valence-electron chi connectivity index (χ3n) is 3.83. The van der Waals surface area contributed by atoms with Crippen molar-refractivity contribution in [3.8, 4) is 0 Å². The van der Waals surface area contributed by atoms with Crippen LogP contribution in [0.3, 0.4) is 0 Å². The molecule has 0 aliphatic carbocycles. The molecule has 24 heavy (non-hydrogen) atoms. The first-order valence-electron chi connectivity index (χ1n) is 7.42.